The first kappa shape index (κ1) is 16.8. The van der Waals surface area contributed by atoms with Crippen LogP contribution in [-0.4, -0.2) is 19.8 Å². The molecule has 116 valence electrons. The zero-order valence-corrected chi connectivity index (χ0v) is 11.9. The summed E-state index contributed by atoms with van der Waals surface area (Å²) in [5, 5.41) is 20.5. The van der Waals surface area contributed by atoms with Crippen LogP contribution in [0.25, 0.3) is 0 Å². The molecule has 10 heteroatoms. The van der Waals surface area contributed by atoms with Crippen molar-refractivity contribution in [3.63, 3.8) is 0 Å². The number of nitrogens with two attached hydrogens (primary N) is 2. The van der Waals surface area contributed by atoms with Crippen molar-refractivity contribution in [3.8, 4) is 0 Å². The molecule has 0 aliphatic carbocycles. The summed E-state index contributed by atoms with van der Waals surface area (Å²) in [6.45, 7) is 3.27. The lowest BCUT2D eigenvalue weighted by atomic mass is 10.3. The molecule has 0 spiro atoms. The van der Waals surface area contributed by atoms with Gasteiger partial charge >= 0.3 is 5.69 Å². The Morgan fingerprint density at radius 1 is 0.909 bits per heavy atom. The topological polar surface area (TPSA) is 164 Å². The molecule has 0 amide bonds. The highest BCUT2D eigenvalue weighted by Crippen LogP contribution is 2.17. The highest BCUT2D eigenvalue weighted by atomic mass is 16.6. The molecule has 0 radical (unpaired) electrons. The minimum atomic E-state index is -0.554. The Hall–Kier alpha value is -3.30. The Morgan fingerprint density at radius 3 is 1.91 bits per heavy atom. The molecule has 10 nitrogen and oxygen atoms in total. The van der Waals surface area contributed by atoms with Crippen LogP contribution in [0.15, 0.2) is 24.3 Å². The van der Waals surface area contributed by atoms with Crippen molar-refractivity contribution < 1.29 is 9.85 Å². The van der Waals surface area contributed by atoms with E-state index in [1.165, 1.54) is 18.2 Å². The first-order valence-corrected chi connectivity index (χ1v) is 5.97. The molecule has 4 N–H and O–H groups in total. The van der Waals surface area contributed by atoms with Gasteiger partial charge in [0, 0.05) is 17.8 Å². The summed E-state index contributed by atoms with van der Waals surface area (Å²) in [7, 11) is 0. The Balaban J connectivity index is 0.000000220. The van der Waals surface area contributed by atoms with Crippen molar-refractivity contribution in [2.45, 2.75) is 13.8 Å². The molecule has 0 atom stereocenters. The van der Waals surface area contributed by atoms with E-state index in [4.69, 9.17) is 11.5 Å². The van der Waals surface area contributed by atoms with Crippen LogP contribution in [0.2, 0.25) is 0 Å². The fraction of sp³-hybridized carbons (Fsp3) is 0.167. The Bertz CT molecular complexity index is 657. The average molecular weight is 306 g/mol. The van der Waals surface area contributed by atoms with Gasteiger partial charge in [-0.15, -0.1) is 0 Å². The van der Waals surface area contributed by atoms with E-state index in [0.717, 1.165) is 0 Å². The van der Waals surface area contributed by atoms with Crippen LogP contribution >= 0.6 is 0 Å². The van der Waals surface area contributed by atoms with Gasteiger partial charge in [0.05, 0.1) is 9.85 Å². The van der Waals surface area contributed by atoms with Crippen LogP contribution in [0.5, 0.6) is 0 Å². The number of aryl methyl sites for hydroxylation is 2. The fourth-order valence-electron chi connectivity index (χ4n) is 1.49. The molecule has 2 aromatic rings. The second kappa shape index (κ2) is 6.92. The maximum Gasteiger partial charge on any atom is 0.311 e. The van der Waals surface area contributed by atoms with Crippen LogP contribution in [0, 0.1) is 34.1 Å². The lowest BCUT2D eigenvalue weighted by molar-refractivity contribution is -0.385. The molecule has 0 aromatic carbocycles. The van der Waals surface area contributed by atoms with E-state index in [1.54, 1.807) is 19.9 Å². The van der Waals surface area contributed by atoms with Gasteiger partial charge in [-0.25, -0.2) is 9.97 Å². The first-order valence-electron chi connectivity index (χ1n) is 5.97. The maximum atomic E-state index is 10.3. The van der Waals surface area contributed by atoms with Crippen LogP contribution in [-0.2, 0) is 0 Å². The third kappa shape index (κ3) is 4.37. The Morgan fingerprint density at radius 2 is 1.45 bits per heavy atom. The van der Waals surface area contributed by atoms with Gasteiger partial charge in [-0.1, -0.05) is 0 Å². The quantitative estimate of drug-likeness (QED) is 0.625. The summed E-state index contributed by atoms with van der Waals surface area (Å²) >= 11 is 0. The second-order valence-electron chi connectivity index (χ2n) is 4.21. The smallest absolute Gasteiger partial charge is 0.311 e. The Kier molecular flexibility index (Phi) is 5.27. The minimum Gasteiger partial charge on any atom is -0.384 e. The zero-order valence-electron chi connectivity index (χ0n) is 11.9. The van der Waals surface area contributed by atoms with Gasteiger partial charge in [0.1, 0.15) is 11.5 Å². The largest absolute Gasteiger partial charge is 0.384 e. The van der Waals surface area contributed by atoms with E-state index >= 15 is 0 Å². The van der Waals surface area contributed by atoms with Gasteiger partial charge < -0.3 is 11.5 Å². The van der Waals surface area contributed by atoms with Gasteiger partial charge in [0.15, 0.2) is 0 Å². The van der Waals surface area contributed by atoms with Crippen molar-refractivity contribution >= 4 is 23.0 Å². The number of hydrogen-bond acceptors (Lipinski definition) is 8. The first-order chi connectivity index (χ1) is 10.2. The SMILES string of the molecule is Cc1ccc([N+](=O)[O-])c(N)n1.Cc1nc(N)ccc1[N+](=O)[O-]. The lowest BCUT2D eigenvalue weighted by Gasteiger charge is -1.95. The Labute approximate surface area is 125 Å². The monoisotopic (exact) mass is 306 g/mol. The standard InChI is InChI=1S/2C6H7N3O2/c1-4-5(9(10)11)2-3-6(7)8-4;1-4-2-3-5(9(10)11)6(7)8-4/h2*2-3H,1H3,(H2,7,8). The highest BCUT2D eigenvalue weighted by molar-refractivity contribution is 5.52. The summed E-state index contributed by atoms with van der Waals surface area (Å²) in [4.78, 5) is 26.9. The van der Waals surface area contributed by atoms with Crippen LogP contribution in [0.3, 0.4) is 0 Å². The molecular weight excluding hydrogens is 292 g/mol. The highest BCUT2D eigenvalue weighted by Gasteiger charge is 2.11. The number of anilines is 2. The summed E-state index contributed by atoms with van der Waals surface area (Å²) < 4.78 is 0. The van der Waals surface area contributed by atoms with E-state index in [1.807, 2.05) is 0 Å². The van der Waals surface area contributed by atoms with Crippen molar-refractivity contribution in [1.82, 2.24) is 9.97 Å². The van der Waals surface area contributed by atoms with Gasteiger partial charge in [-0.05, 0) is 26.0 Å². The van der Waals surface area contributed by atoms with Crippen molar-refractivity contribution in [1.29, 1.82) is 0 Å². The predicted molar refractivity (Wildman–Crippen MR) is 80.1 cm³/mol. The van der Waals surface area contributed by atoms with Crippen LogP contribution in [0.4, 0.5) is 23.0 Å². The van der Waals surface area contributed by atoms with E-state index in [-0.39, 0.29) is 17.2 Å². The molecule has 0 saturated carbocycles. The number of rotatable bonds is 2. The number of nitro groups is 2. The van der Waals surface area contributed by atoms with Crippen molar-refractivity contribution in [3.05, 3.63) is 55.9 Å². The number of nitrogen functional groups attached to an aromatic ring is 2. The van der Waals surface area contributed by atoms with Gasteiger partial charge in [-0.2, -0.15) is 0 Å². The van der Waals surface area contributed by atoms with E-state index in [0.29, 0.717) is 17.2 Å². The zero-order chi connectivity index (χ0) is 16.9. The molecule has 0 aliphatic rings. The third-order valence-corrected chi connectivity index (χ3v) is 2.51. The number of hydrogen-bond donors (Lipinski definition) is 2. The minimum absolute atomic E-state index is 0.000741. The molecule has 2 rings (SSSR count). The normalized spacial score (nSPS) is 9.55. The van der Waals surface area contributed by atoms with Gasteiger partial charge in [0.2, 0.25) is 5.82 Å². The third-order valence-electron chi connectivity index (χ3n) is 2.51. The number of nitrogens with zero attached hydrogens (tertiary/aromatic N) is 4. The molecule has 0 aliphatic heterocycles. The summed E-state index contributed by atoms with van der Waals surface area (Å²) in [6.07, 6.45) is 0. The molecule has 2 heterocycles. The van der Waals surface area contributed by atoms with Crippen LogP contribution in [0.1, 0.15) is 11.4 Å². The number of aromatic nitrogens is 2. The van der Waals surface area contributed by atoms with Crippen molar-refractivity contribution in [2.24, 2.45) is 0 Å². The van der Waals surface area contributed by atoms with E-state index in [9.17, 15) is 20.2 Å². The summed E-state index contributed by atoms with van der Waals surface area (Å²) in [5.41, 5.74) is 11.4. The van der Waals surface area contributed by atoms with Gasteiger partial charge in [0.25, 0.3) is 5.69 Å². The van der Waals surface area contributed by atoms with Crippen molar-refractivity contribution in [2.75, 3.05) is 11.5 Å². The fourth-order valence-corrected chi connectivity index (χ4v) is 1.49. The molecule has 0 bridgehead atoms. The van der Waals surface area contributed by atoms with E-state index < -0.39 is 9.85 Å². The lowest BCUT2D eigenvalue weighted by Crippen LogP contribution is -1.98. The molecule has 2 aromatic heterocycles. The summed E-state index contributed by atoms with van der Waals surface area (Å²) in [5.74, 6) is 0.267. The second-order valence-corrected chi connectivity index (χ2v) is 4.21. The van der Waals surface area contributed by atoms with Crippen LogP contribution < -0.4 is 11.5 Å². The molecule has 0 unspecified atom stereocenters. The summed E-state index contributed by atoms with van der Waals surface area (Å²) in [6, 6.07) is 5.65. The molecule has 22 heavy (non-hydrogen) atoms. The van der Waals surface area contributed by atoms with E-state index in [2.05, 4.69) is 9.97 Å². The predicted octanol–water partition coefficient (Wildman–Crippen LogP) is 1.76. The molecule has 0 fully saturated rings. The number of pyridine rings is 2. The van der Waals surface area contributed by atoms with Gasteiger partial charge in [-0.3, -0.25) is 20.2 Å². The molecule has 0 saturated heterocycles. The maximum absolute atomic E-state index is 10.3. The average Bonchev–Trinajstić information content (AvgIpc) is 2.38. The molecular formula is C12H14N6O4.